The van der Waals surface area contributed by atoms with Gasteiger partial charge >= 0.3 is 0 Å². The van der Waals surface area contributed by atoms with Crippen LogP contribution >= 0.6 is 15.9 Å². The first-order chi connectivity index (χ1) is 13.6. The van der Waals surface area contributed by atoms with Crippen LogP contribution in [0.5, 0.6) is 0 Å². The summed E-state index contributed by atoms with van der Waals surface area (Å²) in [5.74, 6) is 0.124. The van der Waals surface area contributed by atoms with Crippen LogP contribution in [0.4, 0.5) is 10.1 Å². The van der Waals surface area contributed by atoms with Gasteiger partial charge in [0.1, 0.15) is 5.82 Å². The van der Waals surface area contributed by atoms with Crippen molar-refractivity contribution >= 4 is 21.6 Å². The molecule has 0 amide bonds. The largest absolute Gasteiger partial charge is 0.388 e. The minimum Gasteiger partial charge on any atom is -0.388 e. The second kappa shape index (κ2) is 8.41. The SMILES string of the molecule is O[C@@H](CC[C@@H]1CN(c2ccccc2)[C@@H]1c1ccc(Br)cn1)c1ccc(F)cc1. The van der Waals surface area contributed by atoms with Crippen LogP contribution < -0.4 is 4.90 Å². The molecule has 0 saturated carbocycles. The van der Waals surface area contributed by atoms with Gasteiger partial charge in [-0.25, -0.2) is 4.39 Å². The Morgan fingerprint density at radius 1 is 1.07 bits per heavy atom. The lowest BCUT2D eigenvalue weighted by molar-refractivity contribution is 0.143. The number of para-hydroxylation sites is 1. The molecule has 3 atom stereocenters. The third-order valence-electron chi connectivity index (χ3n) is 5.42. The van der Waals surface area contributed by atoms with Gasteiger partial charge in [-0.1, -0.05) is 30.3 Å². The highest BCUT2D eigenvalue weighted by molar-refractivity contribution is 9.10. The number of pyridine rings is 1. The molecular weight excluding hydrogens is 419 g/mol. The molecule has 2 heterocycles. The molecule has 1 aliphatic heterocycles. The molecule has 1 saturated heterocycles. The number of aliphatic hydroxyl groups excluding tert-OH is 1. The van der Waals surface area contributed by atoms with Crippen LogP contribution in [-0.2, 0) is 0 Å². The molecule has 0 radical (unpaired) electrons. The number of halogens is 2. The van der Waals surface area contributed by atoms with Crippen LogP contribution in [0.15, 0.2) is 77.4 Å². The summed E-state index contributed by atoms with van der Waals surface area (Å²) in [4.78, 5) is 6.99. The van der Waals surface area contributed by atoms with Gasteiger partial charge in [0.25, 0.3) is 0 Å². The van der Waals surface area contributed by atoms with Crippen molar-refractivity contribution in [3.63, 3.8) is 0 Å². The van der Waals surface area contributed by atoms with Crippen molar-refractivity contribution in [3.05, 3.63) is 94.5 Å². The molecule has 0 aliphatic carbocycles. The lowest BCUT2D eigenvalue weighted by Crippen LogP contribution is -2.50. The van der Waals surface area contributed by atoms with E-state index in [9.17, 15) is 9.50 Å². The van der Waals surface area contributed by atoms with E-state index in [1.165, 1.54) is 17.8 Å². The number of aromatic nitrogens is 1. The van der Waals surface area contributed by atoms with Gasteiger partial charge in [-0.15, -0.1) is 0 Å². The Morgan fingerprint density at radius 3 is 2.50 bits per heavy atom. The summed E-state index contributed by atoms with van der Waals surface area (Å²) in [5, 5.41) is 10.5. The minimum absolute atomic E-state index is 0.191. The van der Waals surface area contributed by atoms with Crippen molar-refractivity contribution in [1.82, 2.24) is 4.98 Å². The molecule has 2 aromatic carbocycles. The summed E-state index contributed by atoms with van der Waals surface area (Å²) in [6.45, 7) is 0.933. The van der Waals surface area contributed by atoms with Crippen molar-refractivity contribution in [2.75, 3.05) is 11.4 Å². The van der Waals surface area contributed by atoms with E-state index in [1.54, 1.807) is 12.1 Å². The molecule has 1 aliphatic rings. The summed E-state index contributed by atoms with van der Waals surface area (Å²) < 4.78 is 14.1. The van der Waals surface area contributed by atoms with Gasteiger partial charge < -0.3 is 10.0 Å². The summed E-state index contributed by atoms with van der Waals surface area (Å²) in [6.07, 6.45) is 2.78. The maximum Gasteiger partial charge on any atom is 0.123 e. The zero-order chi connectivity index (χ0) is 19.5. The normalized spacial score (nSPS) is 19.9. The molecule has 3 aromatic rings. The van der Waals surface area contributed by atoms with Crippen molar-refractivity contribution < 1.29 is 9.50 Å². The molecule has 1 N–H and O–H groups in total. The van der Waals surface area contributed by atoms with E-state index in [2.05, 4.69) is 44.0 Å². The first kappa shape index (κ1) is 19.1. The van der Waals surface area contributed by atoms with E-state index in [1.807, 2.05) is 30.5 Å². The number of anilines is 1. The monoisotopic (exact) mass is 440 g/mol. The lowest BCUT2D eigenvalue weighted by Gasteiger charge is -2.50. The van der Waals surface area contributed by atoms with Crippen LogP contribution in [0.1, 0.15) is 36.2 Å². The fourth-order valence-corrected chi connectivity index (χ4v) is 4.14. The van der Waals surface area contributed by atoms with Crippen LogP contribution in [-0.4, -0.2) is 16.6 Å². The quantitative estimate of drug-likeness (QED) is 0.535. The highest BCUT2D eigenvalue weighted by Crippen LogP contribution is 2.44. The first-order valence-electron chi connectivity index (χ1n) is 9.48. The number of aliphatic hydroxyl groups is 1. The molecule has 1 fully saturated rings. The summed E-state index contributed by atoms with van der Waals surface area (Å²) >= 11 is 3.45. The van der Waals surface area contributed by atoms with Crippen molar-refractivity contribution in [3.8, 4) is 0 Å². The number of hydrogen-bond donors (Lipinski definition) is 1. The summed E-state index contributed by atoms with van der Waals surface area (Å²) in [5.41, 5.74) is 2.99. The Kier molecular flexibility index (Phi) is 5.74. The lowest BCUT2D eigenvalue weighted by atomic mass is 9.81. The van der Waals surface area contributed by atoms with Crippen LogP contribution in [0, 0.1) is 11.7 Å². The molecule has 28 heavy (non-hydrogen) atoms. The van der Waals surface area contributed by atoms with Gasteiger partial charge in [0.2, 0.25) is 0 Å². The molecule has 0 unspecified atom stereocenters. The average Bonchev–Trinajstić information content (AvgIpc) is 2.70. The molecule has 5 heteroatoms. The predicted octanol–water partition coefficient (Wildman–Crippen LogP) is 5.67. The van der Waals surface area contributed by atoms with E-state index in [4.69, 9.17) is 0 Å². The average molecular weight is 441 g/mol. The van der Waals surface area contributed by atoms with Gasteiger partial charge in [-0.3, -0.25) is 4.98 Å². The van der Waals surface area contributed by atoms with Gasteiger partial charge in [-0.2, -0.15) is 0 Å². The smallest absolute Gasteiger partial charge is 0.123 e. The van der Waals surface area contributed by atoms with Gasteiger partial charge in [0.15, 0.2) is 0 Å². The second-order valence-electron chi connectivity index (χ2n) is 7.24. The zero-order valence-electron chi connectivity index (χ0n) is 15.4. The number of rotatable bonds is 6. The van der Waals surface area contributed by atoms with Crippen LogP contribution in [0.25, 0.3) is 0 Å². The third kappa shape index (κ3) is 4.10. The maximum absolute atomic E-state index is 13.1. The topological polar surface area (TPSA) is 36.4 Å². The van der Waals surface area contributed by atoms with E-state index in [0.717, 1.165) is 28.7 Å². The predicted molar refractivity (Wildman–Crippen MR) is 113 cm³/mol. The second-order valence-corrected chi connectivity index (χ2v) is 8.15. The number of nitrogens with zero attached hydrogens (tertiary/aromatic N) is 2. The van der Waals surface area contributed by atoms with E-state index < -0.39 is 6.10 Å². The number of benzene rings is 2. The van der Waals surface area contributed by atoms with Crippen LogP contribution in [0.2, 0.25) is 0 Å². The summed E-state index contributed by atoms with van der Waals surface area (Å²) in [6, 6.07) is 20.7. The minimum atomic E-state index is -0.579. The molecule has 0 spiro atoms. The zero-order valence-corrected chi connectivity index (χ0v) is 17.0. The standard InChI is InChI=1S/C23H22BrFN2O/c24-18-9-12-21(26-14-18)23-17(15-27(23)20-4-2-1-3-5-20)8-13-22(28)16-6-10-19(25)11-7-16/h1-7,9-12,14,17,22-23,28H,8,13,15H2/t17-,22+,23+/m1/s1. The fraction of sp³-hybridized carbons (Fsp3) is 0.261. The number of hydrogen-bond acceptors (Lipinski definition) is 3. The Bertz CT molecular complexity index is 902. The molecule has 3 nitrogen and oxygen atoms in total. The highest BCUT2D eigenvalue weighted by atomic mass is 79.9. The molecular formula is C23H22BrFN2O. The highest BCUT2D eigenvalue weighted by Gasteiger charge is 2.40. The van der Waals surface area contributed by atoms with Gasteiger partial charge in [-0.05, 0) is 70.7 Å². The first-order valence-corrected chi connectivity index (χ1v) is 10.3. The summed E-state index contributed by atoms with van der Waals surface area (Å²) in [7, 11) is 0. The van der Waals surface area contributed by atoms with Crippen LogP contribution in [0.3, 0.4) is 0 Å². The Morgan fingerprint density at radius 2 is 1.82 bits per heavy atom. The molecule has 0 bridgehead atoms. The van der Waals surface area contributed by atoms with Gasteiger partial charge in [0, 0.05) is 28.8 Å². The molecule has 144 valence electrons. The van der Waals surface area contributed by atoms with Crippen molar-refractivity contribution in [2.24, 2.45) is 5.92 Å². The van der Waals surface area contributed by atoms with Crippen molar-refractivity contribution in [2.45, 2.75) is 25.0 Å². The van der Waals surface area contributed by atoms with Crippen molar-refractivity contribution in [1.29, 1.82) is 0 Å². The third-order valence-corrected chi connectivity index (χ3v) is 5.89. The van der Waals surface area contributed by atoms with E-state index >= 15 is 0 Å². The van der Waals surface area contributed by atoms with E-state index in [0.29, 0.717) is 12.3 Å². The fourth-order valence-electron chi connectivity index (χ4n) is 3.90. The molecule has 4 rings (SSSR count). The Balaban J connectivity index is 1.48. The van der Waals surface area contributed by atoms with E-state index in [-0.39, 0.29) is 11.9 Å². The Labute approximate surface area is 173 Å². The maximum atomic E-state index is 13.1. The van der Waals surface area contributed by atoms with Gasteiger partial charge in [0.05, 0.1) is 17.8 Å². The Hall–Kier alpha value is -2.24. The molecule has 1 aromatic heterocycles.